The Hall–Kier alpha value is -2.37. The molecule has 1 aliphatic rings. The summed E-state index contributed by atoms with van der Waals surface area (Å²) in [6, 6.07) is 0. The number of aliphatic hydroxyl groups excluding tert-OH is 4. The van der Waals surface area contributed by atoms with E-state index in [0.29, 0.717) is 13.0 Å². The van der Waals surface area contributed by atoms with Crippen LogP contribution in [0.5, 0.6) is 0 Å². The molecule has 1 aliphatic heterocycles. The lowest BCUT2D eigenvalue weighted by molar-refractivity contribution is -0.305. The van der Waals surface area contributed by atoms with Crippen LogP contribution in [-0.4, -0.2) is 89.6 Å². The van der Waals surface area contributed by atoms with Gasteiger partial charge in [0, 0.05) is 13.0 Å². The Bertz CT molecular complexity index is 906. The Morgan fingerprint density at radius 1 is 0.733 bits per heavy atom. The molecule has 6 unspecified atom stereocenters. The van der Waals surface area contributed by atoms with Gasteiger partial charge in [-0.2, -0.15) is 0 Å². The number of hydrogen-bond donors (Lipinski definition) is 4. The number of carbonyl (C=O) groups excluding carboxylic acids is 1. The maximum Gasteiger partial charge on any atom is 0.306 e. The Kier molecular flexibility index (Phi) is 25.2. The zero-order valence-electron chi connectivity index (χ0n) is 27.3. The van der Waals surface area contributed by atoms with Crippen LogP contribution in [0.3, 0.4) is 0 Å². The average molecular weight is 635 g/mol. The second-order valence-electron chi connectivity index (χ2n) is 10.9. The summed E-state index contributed by atoms with van der Waals surface area (Å²) in [5.74, 6) is -0.374. The van der Waals surface area contributed by atoms with E-state index in [0.717, 1.165) is 57.8 Å². The van der Waals surface area contributed by atoms with E-state index in [1.807, 2.05) is 6.92 Å². The number of rotatable bonds is 25. The van der Waals surface area contributed by atoms with Crippen molar-refractivity contribution in [3.8, 4) is 0 Å². The molecule has 9 heteroatoms. The molecule has 0 radical (unpaired) electrons. The molecule has 4 N–H and O–H groups in total. The highest BCUT2D eigenvalue weighted by Gasteiger charge is 2.44. The highest BCUT2D eigenvalue weighted by Crippen LogP contribution is 2.22. The highest BCUT2D eigenvalue weighted by molar-refractivity contribution is 5.69. The number of allylic oxidation sites excluding steroid dienone is 12. The van der Waals surface area contributed by atoms with E-state index in [-0.39, 0.29) is 25.6 Å². The van der Waals surface area contributed by atoms with Crippen LogP contribution in [-0.2, 0) is 23.7 Å². The summed E-state index contributed by atoms with van der Waals surface area (Å²) in [5.41, 5.74) is 0. The van der Waals surface area contributed by atoms with Gasteiger partial charge in [-0.3, -0.25) is 4.79 Å². The smallest absolute Gasteiger partial charge is 0.306 e. The fourth-order valence-corrected chi connectivity index (χ4v) is 4.25. The zero-order chi connectivity index (χ0) is 33.0. The number of unbranched alkanes of at least 4 members (excludes halogenated alkanes) is 2. The van der Waals surface area contributed by atoms with Crippen molar-refractivity contribution in [2.75, 3.05) is 26.4 Å². The SMILES string of the molecule is CC/C=C\C/C=C\C/C=C\C/C=C\C/C=C\C/C=C\CCCOCC(COC1OC(CO)C(O)C(O)C1O)OC(=O)CCCC. The standard InChI is InChI=1S/C36H58O9/c1-3-5-7-8-9-10-11-12-13-14-15-16-17-18-19-20-21-22-23-24-26-42-28-30(44-32(38)25-6-4-2)29-43-36-35(41)34(40)33(39)31(27-37)45-36/h5,7,9-10,12-13,15-16,18-19,21-22,30-31,33-37,39-41H,3-4,6,8,11,14,17,20,23-29H2,1-2H3/b7-5-,10-9-,13-12-,16-15-,19-18-,22-21-. The van der Waals surface area contributed by atoms with Crippen molar-refractivity contribution in [2.24, 2.45) is 0 Å². The molecule has 6 atom stereocenters. The summed E-state index contributed by atoms with van der Waals surface area (Å²) in [6.45, 7) is 3.99. The second-order valence-corrected chi connectivity index (χ2v) is 10.9. The first-order valence-electron chi connectivity index (χ1n) is 16.5. The van der Waals surface area contributed by atoms with Crippen molar-refractivity contribution >= 4 is 5.97 Å². The Morgan fingerprint density at radius 2 is 1.29 bits per heavy atom. The number of carbonyl (C=O) groups is 1. The first-order chi connectivity index (χ1) is 21.9. The largest absolute Gasteiger partial charge is 0.457 e. The third kappa shape index (κ3) is 20.4. The van der Waals surface area contributed by atoms with Crippen molar-refractivity contribution in [1.82, 2.24) is 0 Å². The van der Waals surface area contributed by atoms with Gasteiger partial charge in [0.15, 0.2) is 6.29 Å². The minimum Gasteiger partial charge on any atom is -0.457 e. The van der Waals surface area contributed by atoms with Crippen LogP contribution >= 0.6 is 0 Å². The molecule has 0 bridgehead atoms. The third-order valence-corrected chi connectivity index (χ3v) is 6.89. The third-order valence-electron chi connectivity index (χ3n) is 6.89. The summed E-state index contributed by atoms with van der Waals surface area (Å²) >= 11 is 0. The topological polar surface area (TPSA) is 135 Å². The van der Waals surface area contributed by atoms with Crippen molar-refractivity contribution in [3.05, 3.63) is 72.9 Å². The Labute approximate surface area is 270 Å². The minimum absolute atomic E-state index is 0.0963. The van der Waals surface area contributed by atoms with Gasteiger partial charge in [0.2, 0.25) is 0 Å². The maximum absolute atomic E-state index is 12.2. The summed E-state index contributed by atoms with van der Waals surface area (Å²) in [4.78, 5) is 12.2. The van der Waals surface area contributed by atoms with E-state index in [9.17, 15) is 25.2 Å². The first-order valence-corrected chi connectivity index (χ1v) is 16.5. The van der Waals surface area contributed by atoms with Crippen molar-refractivity contribution in [3.63, 3.8) is 0 Å². The molecule has 0 spiro atoms. The number of hydrogen-bond acceptors (Lipinski definition) is 9. The van der Waals surface area contributed by atoms with Gasteiger partial charge in [0.05, 0.1) is 19.8 Å². The summed E-state index contributed by atoms with van der Waals surface area (Å²) in [5, 5.41) is 39.5. The fourth-order valence-electron chi connectivity index (χ4n) is 4.25. The normalized spacial score (nSPS) is 23.6. The lowest BCUT2D eigenvalue weighted by atomic mass is 9.99. The van der Waals surface area contributed by atoms with Crippen molar-refractivity contribution in [1.29, 1.82) is 0 Å². The van der Waals surface area contributed by atoms with Gasteiger partial charge in [-0.1, -0.05) is 93.2 Å². The molecule has 0 saturated carbocycles. The quantitative estimate of drug-likeness (QED) is 0.0592. The molecule has 1 fully saturated rings. The second kappa shape index (κ2) is 27.9. The highest BCUT2D eigenvalue weighted by atomic mass is 16.7. The molecule has 1 heterocycles. The van der Waals surface area contributed by atoms with Crippen LogP contribution in [0.4, 0.5) is 0 Å². The van der Waals surface area contributed by atoms with Crippen molar-refractivity contribution in [2.45, 2.75) is 121 Å². The van der Waals surface area contributed by atoms with E-state index in [1.54, 1.807) is 0 Å². The maximum atomic E-state index is 12.2. The lowest BCUT2D eigenvalue weighted by Gasteiger charge is -2.39. The molecular formula is C36H58O9. The molecule has 9 nitrogen and oxygen atoms in total. The van der Waals surface area contributed by atoms with Gasteiger partial charge >= 0.3 is 5.97 Å². The summed E-state index contributed by atoms with van der Waals surface area (Å²) in [7, 11) is 0. The number of esters is 1. The number of aliphatic hydroxyl groups is 4. The van der Waals surface area contributed by atoms with Gasteiger partial charge in [0.25, 0.3) is 0 Å². The zero-order valence-corrected chi connectivity index (χ0v) is 27.3. The Balaban J connectivity index is 2.25. The monoisotopic (exact) mass is 634 g/mol. The van der Waals surface area contributed by atoms with Crippen LogP contribution < -0.4 is 0 Å². The van der Waals surface area contributed by atoms with Crippen LogP contribution in [0.25, 0.3) is 0 Å². The van der Waals surface area contributed by atoms with Crippen LogP contribution in [0.1, 0.15) is 84.5 Å². The predicted octanol–water partition coefficient (Wildman–Crippen LogP) is 5.40. The van der Waals surface area contributed by atoms with Crippen molar-refractivity contribution < 1.29 is 44.2 Å². The van der Waals surface area contributed by atoms with E-state index < -0.39 is 43.4 Å². The van der Waals surface area contributed by atoms with E-state index in [4.69, 9.17) is 18.9 Å². The molecule has 1 rings (SSSR count). The van der Waals surface area contributed by atoms with Crippen LogP contribution in [0.2, 0.25) is 0 Å². The van der Waals surface area contributed by atoms with Gasteiger partial charge in [0.1, 0.15) is 30.5 Å². The van der Waals surface area contributed by atoms with E-state index in [2.05, 4.69) is 79.8 Å². The molecule has 256 valence electrons. The molecule has 1 saturated heterocycles. The lowest BCUT2D eigenvalue weighted by Crippen LogP contribution is -2.59. The molecule has 0 aliphatic carbocycles. The predicted molar refractivity (Wildman–Crippen MR) is 177 cm³/mol. The first kappa shape index (κ1) is 40.7. The van der Waals surface area contributed by atoms with Gasteiger partial charge in [-0.25, -0.2) is 0 Å². The van der Waals surface area contributed by atoms with Gasteiger partial charge < -0.3 is 39.4 Å². The summed E-state index contributed by atoms with van der Waals surface area (Å²) in [6.07, 6.45) is 27.7. The van der Waals surface area contributed by atoms with Crippen LogP contribution in [0, 0.1) is 0 Å². The molecule has 0 aromatic carbocycles. The molecule has 0 aromatic rings. The minimum atomic E-state index is -1.54. The van der Waals surface area contributed by atoms with Gasteiger partial charge in [-0.15, -0.1) is 0 Å². The molecule has 0 aromatic heterocycles. The average Bonchev–Trinajstić information content (AvgIpc) is 3.04. The molecule has 45 heavy (non-hydrogen) atoms. The molecule has 0 amide bonds. The molecular weight excluding hydrogens is 576 g/mol. The van der Waals surface area contributed by atoms with Crippen LogP contribution in [0.15, 0.2) is 72.9 Å². The summed E-state index contributed by atoms with van der Waals surface area (Å²) < 4.78 is 22.2. The van der Waals surface area contributed by atoms with Gasteiger partial charge in [-0.05, 0) is 57.8 Å². The Morgan fingerprint density at radius 3 is 1.82 bits per heavy atom. The fraction of sp³-hybridized carbons (Fsp3) is 0.639. The van der Waals surface area contributed by atoms with E-state index >= 15 is 0 Å². The van der Waals surface area contributed by atoms with E-state index in [1.165, 1.54) is 0 Å². The number of ether oxygens (including phenoxy) is 4.